The van der Waals surface area contributed by atoms with Crippen molar-refractivity contribution in [2.45, 2.75) is 225 Å². The molecule has 0 heterocycles. The second kappa shape index (κ2) is 37.3. The van der Waals surface area contributed by atoms with E-state index in [0.29, 0.717) is 6.42 Å². The Balaban J connectivity index is 3.91. The van der Waals surface area contributed by atoms with Crippen LogP contribution < -0.4 is 5.32 Å². The van der Waals surface area contributed by atoms with Crippen LogP contribution in [0.4, 0.5) is 0 Å². The van der Waals surface area contributed by atoms with Gasteiger partial charge in [-0.1, -0.05) is 198 Å². The van der Waals surface area contributed by atoms with E-state index >= 15 is 0 Å². The molecule has 0 aromatic carbocycles. The lowest BCUT2D eigenvalue weighted by molar-refractivity contribution is -0.122. The third-order valence-corrected chi connectivity index (χ3v) is 10.3. The standard InChI is InChI=1S/C43H81NO5S/c1-3-5-7-9-11-13-15-17-19-20-21-22-23-25-27-29-31-33-35-37-39-43(46)44-41(40-50(47,48)49)42(45)38-36-34-32-30-28-26-24-18-16-14-12-10-8-6-4-2/h16,18,28,30,36,38,41-42,45H,3-15,17,19-27,29,31-35,37,39-40H2,1-2H3,(H,44,46)(H,47,48,49)/b18-16+,30-28+,38-36+. The zero-order valence-electron chi connectivity index (χ0n) is 32.8. The van der Waals surface area contributed by atoms with Gasteiger partial charge in [0.25, 0.3) is 10.1 Å². The van der Waals surface area contributed by atoms with Crippen molar-refractivity contribution >= 4 is 16.0 Å². The highest BCUT2D eigenvalue weighted by Gasteiger charge is 2.24. The molecule has 0 saturated heterocycles. The smallest absolute Gasteiger partial charge is 0.267 e. The lowest BCUT2D eigenvalue weighted by Crippen LogP contribution is -2.46. The van der Waals surface area contributed by atoms with Gasteiger partial charge < -0.3 is 10.4 Å². The van der Waals surface area contributed by atoms with Crippen LogP contribution in [0, 0.1) is 0 Å². The number of allylic oxidation sites excluding steroid dienone is 5. The van der Waals surface area contributed by atoms with E-state index in [9.17, 15) is 22.9 Å². The Morgan fingerprint density at radius 2 is 0.860 bits per heavy atom. The van der Waals surface area contributed by atoms with Gasteiger partial charge in [0, 0.05) is 6.42 Å². The summed E-state index contributed by atoms with van der Waals surface area (Å²) >= 11 is 0. The Kier molecular flexibility index (Phi) is 36.2. The number of unbranched alkanes of at least 4 members (excludes halogenated alkanes) is 26. The fraction of sp³-hybridized carbons (Fsp3) is 0.837. The number of carbonyl (C=O) groups is 1. The van der Waals surface area contributed by atoms with Crippen LogP contribution in [0.5, 0.6) is 0 Å². The molecule has 0 aromatic rings. The summed E-state index contributed by atoms with van der Waals surface area (Å²) in [7, 11) is -4.35. The zero-order valence-corrected chi connectivity index (χ0v) is 33.6. The maximum absolute atomic E-state index is 12.5. The molecule has 1 amide bonds. The van der Waals surface area contributed by atoms with E-state index in [4.69, 9.17) is 0 Å². The molecule has 0 aromatic heterocycles. The Labute approximate surface area is 310 Å². The molecule has 6 nitrogen and oxygen atoms in total. The predicted octanol–water partition coefficient (Wildman–Crippen LogP) is 12.5. The minimum atomic E-state index is -4.35. The van der Waals surface area contributed by atoms with Crippen molar-refractivity contribution in [1.29, 1.82) is 0 Å². The molecule has 294 valence electrons. The summed E-state index contributed by atoms with van der Waals surface area (Å²) in [5.41, 5.74) is 0. The number of amides is 1. The van der Waals surface area contributed by atoms with Gasteiger partial charge in [-0.3, -0.25) is 9.35 Å². The summed E-state index contributed by atoms with van der Waals surface area (Å²) < 4.78 is 32.5. The first-order valence-corrected chi connectivity index (χ1v) is 22.8. The number of rotatable bonds is 38. The van der Waals surface area contributed by atoms with Gasteiger partial charge >= 0.3 is 0 Å². The highest BCUT2D eigenvalue weighted by atomic mass is 32.2. The number of aliphatic hydroxyl groups is 1. The van der Waals surface area contributed by atoms with Crippen molar-refractivity contribution in [3.63, 3.8) is 0 Å². The van der Waals surface area contributed by atoms with Crippen LogP contribution in [0.1, 0.15) is 213 Å². The molecule has 3 N–H and O–H groups in total. The van der Waals surface area contributed by atoms with Gasteiger partial charge in [-0.25, -0.2) is 0 Å². The van der Waals surface area contributed by atoms with Gasteiger partial charge in [0.1, 0.15) is 0 Å². The molecule has 7 heteroatoms. The molecular weight excluding hydrogens is 643 g/mol. The maximum atomic E-state index is 12.5. The summed E-state index contributed by atoms with van der Waals surface area (Å²) in [4.78, 5) is 12.5. The second-order valence-electron chi connectivity index (χ2n) is 14.6. The van der Waals surface area contributed by atoms with Crippen molar-refractivity contribution in [2.24, 2.45) is 0 Å². The summed E-state index contributed by atoms with van der Waals surface area (Å²) in [6.45, 7) is 4.51. The predicted molar refractivity (Wildman–Crippen MR) is 216 cm³/mol. The molecule has 50 heavy (non-hydrogen) atoms. The van der Waals surface area contributed by atoms with Crippen LogP contribution in [-0.4, -0.2) is 41.9 Å². The third-order valence-electron chi connectivity index (χ3n) is 9.55. The number of hydrogen-bond acceptors (Lipinski definition) is 4. The van der Waals surface area contributed by atoms with Crippen molar-refractivity contribution in [3.05, 3.63) is 36.5 Å². The maximum Gasteiger partial charge on any atom is 0.267 e. The molecule has 0 radical (unpaired) electrons. The Morgan fingerprint density at radius 3 is 1.26 bits per heavy atom. The van der Waals surface area contributed by atoms with Crippen LogP contribution in [0.2, 0.25) is 0 Å². The Morgan fingerprint density at radius 1 is 0.520 bits per heavy atom. The second-order valence-corrected chi connectivity index (χ2v) is 16.1. The van der Waals surface area contributed by atoms with E-state index in [2.05, 4.69) is 43.5 Å². The van der Waals surface area contributed by atoms with Crippen LogP contribution in [0.15, 0.2) is 36.5 Å². The quantitative estimate of drug-likeness (QED) is 0.0334. The lowest BCUT2D eigenvalue weighted by Gasteiger charge is -2.21. The largest absolute Gasteiger partial charge is 0.387 e. The first kappa shape index (κ1) is 48.6. The van der Waals surface area contributed by atoms with Gasteiger partial charge in [0.15, 0.2) is 0 Å². The summed E-state index contributed by atoms with van der Waals surface area (Å²) in [6.07, 6.45) is 48.5. The summed E-state index contributed by atoms with van der Waals surface area (Å²) in [5.74, 6) is -1.00. The number of nitrogens with one attached hydrogen (secondary N) is 1. The Hall–Kier alpha value is -1.44. The first-order chi connectivity index (χ1) is 24.3. The molecule has 0 aliphatic carbocycles. The van der Waals surface area contributed by atoms with E-state index in [0.717, 1.165) is 38.5 Å². The lowest BCUT2D eigenvalue weighted by atomic mass is 10.0. The van der Waals surface area contributed by atoms with Crippen LogP contribution >= 0.6 is 0 Å². The fourth-order valence-corrected chi connectivity index (χ4v) is 7.10. The Bertz CT molecular complexity index is 930. The molecule has 0 saturated carbocycles. The molecule has 0 rings (SSSR count). The van der Waals surface area contributed by atoms with Crippen molar-refractivity contribution in [1.82, 2.24) is 5.32 Å². The molecule has 2 atom stereocenters. The van der Waals surface area contributed by atoms with Crippen molar-refractivity contribution in [3.8, 4) is 0 Å². The van der Waals surface area contributed by atoms with E-state index < -0.39 is 28.0 Å². The van der Waals surface area contributed by atoms with E-state index in [1.54, 1.807) is 6.08 Å². The van der Waals surface area contributed by atoms with Crippen molar-refractivity contribution in [2.75, 3.05) is 5.75 Å². The fourth-order valence-electron chi connectivity index (χ4n) is 6.36. The zero-order chi connectivity index (χ0) is 36.8. The van der Waals surface area contributed by atoms with Crippen molar-refractivity contribution < 1.29 is 22.9 Å². The average molecular weight is 724 g/mol. The first-order valence-electron chi connectivity index (χ1n) is 21.2. The summed E-state index contributed by atoms with van der Waals surface area (Å²) in [5, 5.41) is 13.2. The van der Waals surface area contributed by atoms with Gasteiger partial charge in [-0.05, 0) is 44.9 Å². The minimum Gasteiger partial charge on any atom is -0.387 e. The van der Waals surface area contributed by atoms with Gasteiger partial charge in [0.05, 0.1) is 17.9 Å². The molecule has 0 bridgehead atoms. The monoisotopic (exact) mass is 724 g/mol. The van der Waals surface area contributed by atoms with Crippen LogP contribution in [0.3, 0.4) is 0 Å². The van der Waals surface area contributed by atoms with E-state index in [-0.39, 0.29) is 12.3 Å². The molecule has 0 aliphatic rings. The molecule has 0 aliphatic heterocycles. The normalized spacial score (nSPS) is 13.6. The topological polar surface area (TPSA) is 104 Å². The van der Waals surface area contributed by atoms with Gasteiger partial charge in [0.2, 0.25) is 5.91 Å². The number of carbonyl (C=O) groups excluding carboxylic acids is 1. The molecule has 2 unspecified atom stereocenters. The van der Waals surface area contributed by atoms with E-state index in [1.165, 1.54) is 154 Å². The van der Waals surface area contributed by atoms with Crippen LogP contribution in [-0.2, 0) is 14.9 Å². The summed E-state index contributed by atoms with van der Waals surface area (Å²) in [6, 6.07) is -1.08. The number of hydrogen-bond donors (Lipinski definition) is 3. The number of aliphatic hydroxyl groups excluding tert-OH is 1. The van der Waals surface area contributed by atoms with Crippen LogP contribution in [0.25, 0.3) is 0 Å². The molecule has 0 spiro atoms. The minimum absolute atomic E-state index is 0.288. The molecular formula is C43H81NO5S. The molecule has 0 fully saturated rings. The van der Waals surface area contributed by atoms with Gasteiger partial charge in [-0.15, -0.1) is 0 Å². The average Bonchev–Trinajstić information content (AvgIpc) is 3.08. The highest BCUT2D eigenvalue weighted by molar-refractivity contribution is 7.85. The SMILES string of the molecule is CCCCCCC/C=C/CC/C=C/CC/C=C/C(O)C(CS(=O)(=O)O)NC(=O)CCCCCCCCCCCCCCCCCCCCCC. The van der Waals surface area contributed by atoms with Gasteiger partial charge in [-0.2, -0.15) is 8.42 Å². The van der Waals surface area contributed by atoms with E-state index in [1.807, 2.05) is 0 Å². The highest BCUT2D eigenvalue weighted by Crippen LogP contribution is 2.15. The third kappa shape index (κ3) is 37.8.